The topological polar surface area (TPSA) is 79.4 Å². The maximum Gasteiger partial charge on any atom is 0.251 e. The summed E-state index contributed by atoms with van der Waals surface area (Å²) < 4.78 is 27.8. The molecule has 1 heterocycles. The summed E-state index contributed by atoms with van der Waals surface area (Å²) in [5.74, 6) is -0.272. The molecule has 0 spiro atoms. The van der Waals surface area contributed by atoms with E-state index in [9.17, 15) is 13.2 Å². The molecule has 0 fully saturated rings. The van der Waals surface area contributed by atoms with Crippen molar-refractivity contribution in [1.29, 1.82) is 0 Å². The first-order valence-corrected chi connectivity index (χ1v) is 11.9. The zero-order chi connectivity index (χ0) is 20.9. The fourth-order valence-electron chi connectivity index (χ4n) is 3.08. The predicted octanol–water partition coefficient (Wildman–Crippen LogP) is 3.69. The van der Waals surface area contributed by atoms with Crippen LogP contribution in [0.2, 0.25) is 0 Å². The lowest BCUT2D eigenvalue weighted by Crippen LogP contribution is -2.31. The first-order chi connectivity index (χ1) is 14.0. The third-order valence-electron chi connectivity index (χ3n) is 4.63. The third-order valence-corrected chi connectivity index (χ3v) is 7.77. The van der Waals surface area contributed by atoms with Gasteiger partial charge in [-0.2, -0.15) is 4.31 Å². The largest absolute Gasteiger partial charge is 0.352 e. The van der Waals surface area contributed by atoms with Gasteiger partial charge in [-0.25, -0.2) is 13.4 Å². The summed E-state index contributed by atoms with van der Waals surface area (Å²) in [6.45, 7) is 4.87. The number of carbonyl (C=O) groups excluding carboxylic acids is 1. The van der Waals surface area contributed by atoms with E-state index in [0.29, 0.717) is 25.2 Å². The third kappa shape index (κ3) is 5.01. The van der Waals surface area contributed by atoms with Gasteiger partial charge in [0.05, 0.1) is 20.1 Å². The van der Waals surface area contributed by atoms with E-state index in [2.05, 4.69) is 16.4 Å². The lowest BCUT2D eigenvalue weighted by atomic mass is 10.2. The van der Waals surface area contributed by atoms with Crippen molar-refractivity contribution in [3.63, 3.8) is 0 Å². The quantitative estimate of drug-likeness (QED) is 0.524. The summed E-state index contributed by atoms with van der Waals surface area (Å²) in [7, 11) is -3.58. The highest BCUT2D eigenvalue weighted by Crippen LogP contribution is 2.22. The number of carbonyl (C=O) groups is 1. The number of hydrogen-bond donors (Lipinski definition) is 1. The van der Waals surface area contributed by atoms with E-state index in [1.165, 1.54) is 16.4 Å². The van der Waals surface area contributed by atoms with Gasteiger partial charge in [0, 0.05) is 31.6 Å². The summed E-state index contributed by atoms with van der Waals surface area (Å²) in [5.41, 5.74) is 1.35. The molecule has 0 saturated carbocycles. The first-order valence-electron chi connectivity index (χ1n) is 9.68. The number of para-hydroxylation sites is 1. The molecule has 29 heavy (non-hydrogen) atoms. The number of fused-ring (bicyclic) bond motifs is 1. The van der Waals surface area contributed by atoms with Crippen LogP contribution in [0.15, 0.2) is 53.4 Å². The lowest BCUT2D eigenvalue weighted by Gasteiger charge is -2.18. The first kappa shape index (κ1) is 21.4. The summed E-state index contributed by atoms with van der Waals surface area (Å²) in [4.78, 5) is 17.2. The molecule has 0 aliphatic carbocycles. The van der Waals surface area contributed by atoms with Gasteiger partial charge in [-0.05, 0) is 36.8 Å². The number of benzene rings is 2. The Morgan fingerprint density at radius 2 is 1.86 bits per heavy atom. The maximum absolute atomic E-state index is 12.6. The fraction of sp³-hybridized carbons (Fsp3) is 0.333. The standard InChI is InChI=1S/C21H25N3O3S2/c1-3-24(4-2)29(26,27)17-10-7-9-16(15-17)21(25)22-14-8-13-20-23-18-11-5-6-12-19(18)28-20/h5-7,9-12,15H,3-4,8,13-14H2,1-2H3,(H,22,25). The Balaban J connectivity index is 1.58. The van der Waals surface area contributed by atoms with Gasteiger partial charge in [-0.15, -0.1) is 11.3 Å². The van der Waals surface area contributed by atoms with Crippen LogP contribution < -0.4 is 5.32 Å². The molecule has 0 aliphatic heterocycles. The number of nitrogens with one attached hydrogen (secondary N) is 1. The molecule has 8 heteroatoms. The minimum atomic E-state index is -3.58. The molecule has 0 aliphatic rings. The average molecular weight is 432 g/mol. The molecule has 2 aromatic carbocycles. The van der Waals surface area contributed by atoms with Crippen molar-refractivity contribution in [2.75, 3.05) is 19.6 Å². The Bertz CT molecular complexity index is 1060. The van der Waals surface area contributed by atoms with Crippen LogP contribution in [0.5, 0.6) is 0 Å². The normalized spacial score (nSPS) is 11.8. The number of aromatic nitrogens is 1. The molecular weight excluding hydrogens is 406 g/mol. The number of sulfonamides is 1. The monoisotopic (exact) mass is 431 g/mol. The molecule has 1 N–H and O–H groups in total. The predicted molar refractivity (Wildman–Crippen MR) is 117 cm³/mol. The zero-order valence-electron chi connectivity index (χ0n) is 16.6. The van der Waals surface area contributed by atoms with Crippen LogP contribution >= 0.6 is 11.3 Å². The number of hydrogen-bond acceptors (Lipinski definition) is 5. The molecule has 1 amide bonds. The van der Waals surface area contributed by atoms with E-state index in [1.807, 2.05) is 18.2 Å². The van der Waals surface area contributed by atoms with Gasteiger partial charge in [0.15, 0.2) is 0 Å². The Hall–Kier alpha value is -2.29. The van der Waals surface area contributed by atoms with Gasteiger partial charge in [0.2, 0.25) is 10.0 Å². The Morgan fingerprint density at radius 1 is 1.10 bits per heavy atom. The van der Waals surface area contributed by atoms with E-state index in [-0.39, 0.29) is 10.8 Å². The van der Waals surface area contributed by atoms with Crippen molar-refractivity contribution in [3.05, 3.63) is 59.1 Å². The average Bonchev–Trinajstić information content (AvgIpc) is 3.14. The molecule has 0 radical (unpaired) electrons. The molecule has 0 unspecified atom stereocenters. The van der Waals surface area contributed by atoms with Crippen molar-refractivity contribution in [3.8, 4) is 0 Å². The molecule has 0 bridgehead atoms. The van der Waals surface area contributed by atoms with Gasteiger partial charge < -0.3 is 5.32 Å². The number of nitrogens with zero attached hydrogens (tertiary/aromatic N) is 2. The van der Waals surface area contributed by atoms with Gasteiger partial charge in [0.25, 0.3) is 5.91 Å². The second-order valence-electron chi connectivity index (χ2n) is 6.55. The van der Waals surface area contributed by atoms with Crippen molar-refractivity contribution in [1.82, 2.24) is 14.6 Å². The summed E-state index contributed by atoms with van der Waals surface area (Å²) in [6.07, 6.45) is 1.55. The van der Waals surface area contributed by atoms with E-state index < -0.39 is 10.0 Å². The van der Waals surface area contributed by atoms with E-state index >= 15 is 0 Å². The van der Waals surface area contributed by atoms with Gasteiger partial charge in [0.1, 0.15) is 0 Å². The Morgan fingerprint density at radius 3 is 2.59 bits per heavy atom. The van der Waals surface area contributed by atoms with Gasteiger partial charge >= 0.3 is 0 Å². The fourth-order valence-corrected chi connectivity index (χ4v) is 5.59. The number of aryl methyl sites for hydroxylation is 1. The highest BCUT2D eigenvalue weighted by Gasteiger charge is 2.22. The summed E-state index contributed by atoms with van der Waals surface area (Å²) >= 11 is 1.67. The summed E-state index contributed by atoms with van der Waals surface area (Å²) in [6, 6.07) is 14.2. The Labute approximate surface area is 175 Å². The second-order valence-corrected chi connectivity index (χ2v) is 9.61. The van der Waals surface area contributed by atoms with Crippen LogP contribution in [0, 0.1) is 0 Å². The van der Waals surface area contributed by atoms with Crippen molar-refractivity contribution >= 4 is 37.5 Å². The molecular formula is C21H25N3O3S2. The Kier molecular flexibility index (Phi) is 7.00. The molecule has 154 valence electrons. The number of thiazole rings is 1. The number of rotatable bonds is 9. The highest BCUT2D eigenvalue weighted by molar-refractivity contribution is 7.89. The van der Waals surface area contributed by atoms with Crippen LogP contribution in [0.3, 0.4) is 0 Å². The smallest absolute Gasteiger partial charge is 0.251 e. The zero-order valence-corrected chi connectivity index (χ0v) is 18.2. The van der Waals surface area contributed by atoms with E-state index in [1.54, 1.807) is 37.3 Å². The van der Waals surface area contributed by atoms with E-state index in [4.69, 9.17) is 0 Å². The molecule has 3 aromatic rings. The molecule has 1 aromatic heterocycles. The minimum Gasteiger partial charge on any atom is -0.352 e. The molecule has 6 nitrogen and oxygen atoms in total. The highest BCUT2D eigenvalue weighted by atomic mass is 32.2. The van der Waals surface area contributed by atoms with Crippen LogP contribution in [0.25, 0.3) is 10.2 Å². The second kappa shape index (κ2) is 9.47. The van der Waals surface area contributed by atoms with Crippen LogP contribution in [-0.2, 0) is 16.4 Å². The van der Waals surface area contributed by atoms with E-state index in [0.717, 1.165) is 28.1 Å². The summed E-state index contributed by atoms with van der Waals surface area (Å²) in [5, 5.41) is 3.92. The molecule has 0 saturated heterocycles. The van der Waals surface area contributed by atoms with Crippen LogP contribution in [-0.4, -0.2) is 43.2 Å². The lowest BCUT2D eigenvalue weighted by molar-refractivity contribution is 0.0953. The maximum atomic E-state index is 12.6. The van der Waals surface area contributed by atoms with Crippen molar-refractivity contribution in [2.24, 2.45) is 0 Å². The molecule has 0 atom stereocenters. The molecule has 3 rings (SSSR count). The van der Waals surface area contributed by atoms with Crippen LogP contribution in [0.4, 0.5) is 0 Å². The van der Waals surface area contributed by atoms with Crippen molar-refractivity contribution in [2.45, 2.75) is 31.6 Å². The van der Waals surface area contributed by atoms with Gasteiger partial charge in [-0.1, -0.05) is 32.0 Å². The minimum absolute atomic E-state index is 0.142. The van der Waals surface area contributed by atoms with Crippen LogP contribution in [0.1, 0.15) is 35.6 Å². The SMILES string of the molecule is CCN(CC)S(=O)(=O)c1cccc(C(=O)NCCCc2nc3ccccc3s2)c1. The number of amides is 1. The van der Waals surface area contributed by atoms with Gasteiger partial charge in [-0.3, -0.25) is 4.79 Å². The van der Waals surface area contributed by atoms with Crippen molar-refractivity contribution < 1.29 is 13.2 Å².